The van der Waals surface area contributed by atoms with E-state index < -0.39 is 0 Å². The number of nitrogens with one attached hydrogen (secondary N) is 1. The minimum Gasteiger partial charge on any atom is -0.394 e. The van der Waals surface area contributed by atoms with Gasteiger partial charge in [0.15, 0.2) is 0 Å². The van der Waals surface area contributed by atoms with Gasteiger partial charge in [0.2, 0.25) is 0 Å². The quantitative estimate of drug-likeness (QED) is 0.710. The van der Waals surface area contributed by atoms with Crippen LogP contribution in [0.3, 0.4) is 0 Å². The number of likely N-dealkylation sites (N-methyl/N-ethyl adjacent to an activating group) is 1. The van der Waals surface area contributed by atoms with Crippen molar-refractivity contribution in [1.29, 1.82) is 0 Å². The minimum absolute atomic E-state index is 0.151. The highest BCUT2D eigenvalue weighted by Gasteiger charge is 2.29. The van der Waals surface area contributed by atoms with Gasteiger partial charge in [0.05, 0.1) is 6.61 Å². The Bertz CT molecular complexity index is 266. The fourth-order valence-electron chi connectivity index (χ4n) is 3.28. The summed E-state index contributed by atoms with van der Waals surface area (Å²) in [6, 6.07) is 1.22. The van der Waals surface area contributed by atoms with E-state index in [9.17, 15) is 5.11 Å². The van der Waals surface area contributed by atoms with E-state index in [1.54, 1.807) is 0 Å². The molecule has 0 saturated carbocycles. The van der Waals surface area contributed by atoms with Gasteiger partial charge in [-0.2, -0.15) is 0 Å². The maximum absolute atomic E-state index is 9.62. The van der Waals surface area contributed by atoms with Crippen molar-refractivity contribution in [3.63, 3.8) is 0 Å². The second-order valence-corrected chi connectivity index (χ2v) is 6.63. The zero-order chi connectivity index (χ0) is 15.2. The minimum atomic E-state index is -0.151. The molecule has 0 amide bonds. The maximum Gasteiger partial charge on any atom is 0.0611 e. The summed E-state index contributed by atoms with van der Waals surface area (Å²) in [5, 5.41) is 13.0. The summed E-state index contributed by atoms with van der Waals surface area (Å²) in [6.07, 6.45) is 2.24. The van der Waals surface area contributed by atoms with Crippen molar-refractivity contribution in [2.45, 2.75) is 65.1 Å². The van der Waals surface area contributed by atoms with E-state index in [4.69, 9.17) is 0 Å². The van der Waals surface area contributed by atoms with E-state index >= 15 is 0 Å². The summed E-state index contributed by atoms with van der Waals surface area (Å²) >= 11 is 0. The van der Waals surface area contributed by atoms with Crippen molar-refractivity contribution < 1.29 is 5.11 Å². The summed E-state index contributed by atoms with van der Waals surface area (Å²) in [6.45, 7) is 16.9. The molecule has 0 aromatic rings. The largest absolute Gasteiger partial charge is 0.394 e. The topological polar surface area (TPSA) is 38.7 Å². The molecule has 0 aromatic heterocycles. The second-order valence-electron chi connectivity index (χ2n) is 6.63. The molecule has 0 spiro atoms. The van der Waals surface area contributed by atoms with E-state index in [1.165, 1.54) is 19.5 Å². The molecule has 1 heterocycles. The Kier molecular flexibility index (Phi) is 7.45. The van der Waals surface area contributed by atoms with Crippen LogP contribution < -0.4 is 5.32 Å². The zero-order valence-electron chi connectivity index (χ0n) is 14.2. The summed E-state index contributed by atoms with van der Waals surface area (Å²) in [7, 11) is 0. The van der Waals surface area contributed by atoms with Crippen molar-refractivity contribution >= 4 is 0 Å². The third-order valence-corrected chi connectivity index (χ3v) is 4.88. The average Bonchev–Trinajstić information content (AvgIpc) is 2.46. The molecular formula is C16H35N3O. The molecule has 0 radical (unpaired) electrons. The van der Waals surface area contributed by atoms with E-state index in [1.807, 2.05) is 0 Å². The van der Waals surface area contributed by atoms with Crippen LogP contribution in [0.5, 0.6) is 0 Å². The first-order valence-electron chi connectivity index (χ1n) is 8.29. The van der Waals surface area contributed by atoms with Gasteiger partial charge in [-0.15, -0.1) is 0 Å². The third kappa shape index (κ3) is 4.99. The van der Waals surface area contributed by atoms with Gasteiger partial charge in [0.1, 0.15) is 0 Å². The van der Waals surface area contributed by atoms with Crippen molar-refractivity contribution in [3.8, 4) is 0 Å². The van der Waals surface area contributed by atoms with E-state index in [0.29, 0.717) is 12.1 Å². The Morgan fingerprint density at radius 1 is 1.05 bits per heavy atom. The van der Waals surface area contributed by atoms with E-state index in [-0.39, 0.29) is 12.1 Å². The number of hydrogen-bond acceptors (Lipinski definition) is 4. The van der Waals surface area contributed by atoms with Crippen LogP contribution in [0.2, 0.25) is 0 Å². The Morgan fingerprint density at radius 2 is 1.55 bits per heavy atom. The van der Waals surface area contributed by atoms with Crippen LogP contribution in [0.25, 0.3) is 0 Å². The maximum atomic E-state index is 9.62. The monoisotopic (exact) mass is 285 g/mol. The Labute approximate surface area is 125 Å². The molecule has 0 aliphatic carbocycles. The predicted octanol–water partition coefficient (Wildman–Crippen LogP) is 1.54. The lowest BCUT2D eigenvalue weighted by molar-refractivity contribution is 0.0565. The van der Waals surface area contributed by atoms with Crippen molar-refractivity contribution in [1.82, 2.24) is 15.1 Å². The van der Waals surface area contributed by atoms with Gasteiger partial charge in [-0.3, -0.25) is 9.80 Å². The highest BCUT2D eigenvalue weighted by atomic mass is 16.3. The summed E-state index contributed by atoms with van der Waals surface area (Å²) in [4.78, 5) is 5.17. The van der Waals surface area contributed by atoms with Crippen molar-refractivity contribution in [2.75, 3.05) is 39.3 Å². The highest BCUT2D eigenvalue weighted by molar-refractivity contribution is 4.88. The molecule has 1 saturated heterocycles. The first-order valence-corrected chi connectivity index (χ1v) is 8.29. The third-order valence-electron chi connectivity index (χ3n) is 4.88. The van der Waals surface area contributed by atoms with Crippen LogP contribution >= 0.6 is 0 Å². The number of hydrogen-bond donors (Lipinski definition) is 2. The normalized spacial score (nSPS) is 24.3. The van der Waals surface area contributed by atoms with Gasteiger partial charge in [-0.1, -0.05) is 13.8 Å². The molecule has 4 heteroatoms. The molecule has 1 rings (SSSR count). The van der Waals surface area contributed by atoms with Crippen LogP contribution in [0, 0.1) is 0 Å². The summed E-state index contributed by atoms with van der Waals surface area (Å²) in [5.41, 5.74) is -0.151. The molecule has 20 heavy (non-hydrogen) atoms. The fraction of sp³-hybridized carbons (Fsp3) is 1.00. The van der Waals surface area contributed by atoms with Gasteiger partial charge < -0.3 is 10.4 Å². The lowest BCUT2D eigenvalue weighted by atomic mass is 9.93. The standard InChI is InChI=1S/C16H35N3O/c1-6-14(3)18-8-10-19(11-9-18)15(4)12-16(5,13-20)17-7-2/h14-15,17,20H,6-13H2,1-5H3. The van der Waals surface area contributed by atoms with E-state index in [2.05, 4.69) is 49.7 Å². The van der Waals surface area contributed by atoms with Crippen LogP contribution in [0.15, 0.2) is 0 Å². The first kappa shape index (κ1) is 17.9. The Balaban J connectivity index is 2.44. The van der Waals surface area contributed by atoms with Crippen LogP contribution in [0.4, 0.5) is 0 Å². The molecular weight excluding hydrogens is 250 g/mol. The molecule has 2 N–H and O–H groups in total. The lowest BCUT2D eigenvalue weighted by Gasteiger charge is -2.42. The molecule has 3 unspecified atom stereocenters. The zero-order valence-corrected chi connectivity index (χ0v) is 14.2. The van der Waals surface area contributed by atoms with Gasteiger partial charge >= 0.3 is 0 Å². The van der Waals surface area contributed by atoms with Crippen molar-refractivity contribution in [3.05, 3.63) is 0 Å². The first-order chi connectivity index (χ1) is 9.45. The summed E-state index contributed by atoms with van der Waals surface area (Å²) < 4.78 is 0. The van der Waals surface area contributed by atoms with Gasteiger partial charge in [-0.25, -0.2) is 0 Å². The van der Waals surface area contributed by atoms with Crippen LogP contribution in [-0.4, -0.2) is 71.9 Å². The molecule has 0 aromatic carbocycles. The molecule has 1 fully saturated rings. The molecule has 1 aliphatic rings. The summed E-state index contributed by atoms with van der Waals surface area (Å²) in [5.74, 6) is 0. The predicted molar refractivity (Wildman–Crippen MR) is 86.1 cm³/mol. The SMILES string of the molecule is CCNC(C)(CO)CC(C)N1CCN(C(C)CC)CC1. The van der Waals surface area contributed by atoms with Gasteiger partial charge in [0, 0.05) is 43.8 Å². The van der Waals surface area contributed by atoms with Gasteiger partial charge in [-0.05, 0) is 40.2 Å². The number of aliphatic hydroxyl groups is 1. The number of aliphatic hydroxyl groups excluding tert-OH is 1. The average molecular weight is 285 g/mol. The van der Waals surface area contributed by atoms with Crippen LogP contribution in [-0.2, 0) is 0 Å². The van der Waals surface area contributed by atoms with Crippen molar-refractivity contribution in [2.24, 2.45) is 0 Å². The smallest absolute Gasteiger partial charge is 0.0611 e. The fourth-order valence-corrected chi connectivity index (χ4v) is 3.28. The van der Waals surface area contributed by atoms with Crippen LogP contribution in [0.1, 0.15) is 47.5 Å². The number of rotatable bonds is 8. The highest BCUT2D eigenvalue weighted by Crippen LogP contribution is 2.18. The molecule has 4 nitrogen and oxygen atoms in total. The molecule has 1 aliphatic heterocycles. The molecule has 3 atom stereocenters. The number of nitrogens with zero attached hydrogens (tertiary/aromatic N) is 2. The lowest BCUT2D eigenvalue weighted by Crippen LogP contribution is -2.55. The van der Waals surface area contributed by atoms with Gasteiger partial charge in [0.25, 0.3) is 0 Å². The Hall–Kier alpha value is -0.160. The molecule has 0 bridgehead atoms. The molecule has 120 valence electrons. The second kappa shape index (κ2) is 8.32. The Morgan fingerprint density at radius 3 is 1.95 bits per heavy atom. The van der Waals surface area contributed by atoms with E-state index in [0.717, 1.165) is 26.1 Å². The number of piperazine rings is 1.